The number of rotatable bonds is 4. The summed E-state index contributed by atoms with van der Waals surface area (Å²) in [5.74, 6) is -0.323. The van der Waals surface area contributed by atoms with Gasteiger partial charge in [0.1, 0.15) is 0 Å². The van der Waals surface area contributed by atoms with Crippen molar-refractivity contribution in [1.82, 2.24) is 9.55 Å². The lowest BCUT2D eigenvalue weighted by Gasteiger charge is -2.04. The van der Waals surface area contributed by atoms with Crippen molar-refractivity contribution in [3.63, 3.8) is 0 Å². The van der Waals surface area contributed by atoms with Crippen molar-refractivity contribution in [2.45, 2.75) is 19.4 Å². The molecule has 0 saturated carbocycles. The molecule has 88 valence electrons. The largest absolute Gasteiger partial charge is 0.469 e. The van der Waals surface area contributed by atoms with Crippen molar-refractivity contribution in [2.24, 2.45) is 0 Å². The molecule has 1 rings (SSSR count). The SMILES string of the molecule is COC(=O)CCCn1cc(Br)c(=O)[nH]c1=O. The van der Waals surface area contributed by atoms with Crippen LogP contribution in [0.25, 0.3) is 0 Å². The van der Waals surface area contributed by atoms with Crippen LogP contribution in [0.3, 0.4) is 0 Å². The Hall–Kier alpha value is -1.37. The first-order valence-electron chi connectivity index (χ1n) is 4.60. The lowest BCUT2D eigenvalue weighted by molar-refractivity contribution is -0.140. The Morgan fingerprint density at radius 2 is 2.25 bits per heavy atom. The number of hydrogen-bond donors (Lipinski definition) is 1. The highest BCUT2D eigenvalue weighted by Gasteiger charge is 2.04. The van der Waals surface area contributed by atoms with Gasteiger partial charge < -0.3 is 4.74 Å². The highest BCUT2D eigenvalue weighted by atomic mass is 79.9. The quantitative estimate of drug-likeness (QED) is 0.806. The van der Waals surface area contributed by atoms with Crippen LogP contribution in [0.2, 0.25) is 0 Å². The van der Waals surface area contributed by atoms with Crippen LogP contribution in [0.1, 0.15) is 12.8 Å². The second-order valence-electron chi connectivity index (χ2n) is 3.11. The topological polar surface area (TPSA) is 81.2 Å². The molecule has 0 spiro atoms. The van der Waals surface area contributed by atoms with Gasteiger partial charge in [0.05, 0.1) is 11.6 Å². The van der Waals surface area contributed by atoms with E-state index in [4.69, 9.17) is 0 Å². The summed E-state index contributed by atoms with van der Waals surface area (Å²) in [5.41, 5.74) is -0.952. The number of carbonyl (C=O) groups is 1. The summed E-state index contributed by atoms with van der Waals surface area (Å²) in [6, 6.07) is 0. The number of aryl methyl sites for hydroxylation is 1. The summed E-state index contributed by atoms with van der Waals surface area (Å²) >= 11 is 3.02. The smallest absolute Gasteiger partial charge is 0.328 e. The molecule has 7 heteroatoms. The number of carbonyl (C=O) groups excluding carboxylic acids is 1. The minimum absolute atomic E-state index is 0.236. The van der Waals surface area contributed by atoms with E-state index in [-0.39, 0.29) is 16.9 Å². The Labute approximate surface area is 99.4 Å². The average molecular weight is 291 g/mol. The molecular formula is C9H11BrN2O4. The number of aromatic nitrogens is 2. The van der Waals surface area contributed by atoms with Crippen LogP contribution in [0.5, 0.6) is 0 Å². The first kappa shape index (κ1) is 12.7. The molecular weight excluding hydrogens is 280 g/mol. The van der Waals surface area contributed by atoms with Gasteiger partial charge in [-0.15, -0.1) is 0 Å². The maximum atomic E-state index is 11.3. The zero-order valence-corrected chi connectivity index (χ0v) is 10.2. The van der Waals surface area contributed by atoms with E-state index in [9.17, 15) is 14.4 Å². The fourth-order valence-electron chi connectivity index (χ4n) is 1.14. The predicted octanol–water partition coefficient (Wildman–Crippen LogP) is 0.252. The zero-order chi connectivity index (χ0) is 12.1. The highest BCUT2D eigenvalue weighted by Crippen LogP contribution is 2.00. The molecule has 0 fully saturated rings. The summed E-state index contributed by atoms with van der Waals surface area (Å²) in [7, 11) is 1.31. The number of nitrogens with zero attached hydrogens (tertiary/aromatic N) is 1. The predicted molar refractivity (Wildman–Crippen MR) is 60.3 cm³/mol. The molecule has 0 aliphatic rings. The molecule has 0 aromatic carbocycles. The third-order valence-electron chi connectivity index (χ3n) is 1.98. The van der Waals surface area contributed by atoms with Crippen LogP contribution in [-0.2, 0) is 16.1 Å². The lowest BCUT2D eigenvalue weighted by atomic mass is 10.3. The Kier molecular flexibility index (Phi) is 4.48. The number of halogens is 1. The first-order valence-corrected chi connectivity index (χ1v) is 5.40. The fraction of sp³-hybridized carbons (Fsp3) is 0.444. The molecule has 0 aliphatic carbocycles. The summed E-state index contributed by atoms with van der Waals surface area (Å²) in [5, 5.41) is 0. The van der Waals surface area contributed by atoms with Crippen LogP contribution in [0.15, 0.2) is 20.3 Å². The second-order valence-corrected chi connectivity index (χ2v) is 3.96. The van der Waals surface area contributed by atoms with Crippen LogP contribution < -0.4 is 11.2 Å². The molecule has 0 saturated heterocycles. The van der Waals surface area contributed by atoms with E-state index < -0.39 is 11.2 Å². The van der Waals surface area contributed by atoms with E-state index in [0.29, 0.717) is 13.0 Å². The van der Waals surface area contributed by atoms with Crippen molar-refractivity contribution in [3.05, 3.63) is 31.5 Å². The van der Waals surface area contributed by atoms with Gasteiger partial charge >= 0.3 is 11.7 Å². The van der Waals surface area contributed by atoms with E-state index in [2.05, 4.69) is 25.7 Å². The van der Waals surface area contributed by atoms with Crippen LogP contribution in [0, 0.1) is 0 Å². The third-order valence-corrected chi connectivity index (χ3v) is 2.54. The lowest BCUT2D eigenvalue weighted by Crippen LogP contribution is -2.30. The van der Waals surface area contributed by atoms with Gasteiger partial charge in [0.2, 0.25) is 0 Å². The van der Waals surface area contributed by atoms with E-state index in [1.807, 2.05) is 0 Å². The third kappa shape index (κ3) is 3.34. The van der Waals surface area contributed by atoms with E-state index >= 15 is 0 Å². The van der Waals surface area contributed by atoms with Crippen molar-refractivity contribution in [3.8, 4) is 0 Å². The molecule has 0 bridgehead atoms. The summed E-state index contributed by atoms with van der Waals surface area (Å²) in [4.78, 5) is 35.3. The fourth-order valence-corrected chi connectivity index (χ4v) is 1.49. The molecule has 1 N–H and O–H groups in total. The molecule has 0 aliphatic heterocycles. The molecule has 0 unspecified atom stereocenters. The molecule has 0 amide bonds. The number of nitrogens with one attached hydrogen (secondary N) is 1. The van der Waals surface area contributed by atoms with Crippen molar-refractivity contribution < 1.29 is 9.53 Å². The number of hydrogen-bond acceptors (Lipinski definition) is 4. The van der Waals surface area contributed by atoms with Gasteiger partial charge in [-0.05, 0) is 22.4 Å². The standard InChI is InChI=1S/C9H11BrN2O4/c1-16-7(13)3-2-4-12-5-6(10)8(14)11-9(12)15/h5H,2-4H2,1H3,(H,11,14,15). The van der Waals surface area contributed by atoms with E-state index in [1.165, 1.54) is 17.9 Å². The Balaban J connectivity index is 2.68. The van der Waals surface area contributed by atoms with Gasteiger partial charge in [-0.3, -0.25) is 19.1 Å². The molecule has 1 aromatic rings. The van der Waals surface area contributed by atoms with E-state index in [1.54, 1.807) is 0 Å². The molecule has 0 radical (unpaired) electrons. The summed E-state index contributed by atoms with van der Waals surface area (Å²) in [6.07, 6.45) is 2.11. The minimum Gasteiger partial charge on any atom is -0.469 e. The monoisotopic (exact) mass is 290 g/mol. The highest BCUT2D eigenvalue weighted by molar-refractivity contribution is 9.10. The van der Waals surface area contributed by atoms with Gasteiger partial charge in [-0.1, -0.05) is 0 Å². The number of methoxy groups -OCH3 is 1. The molecule has 16 heavy (non-hydrogen) atoms. The molecule has 1 heterocycles. The normalized spacial score (nSPS) is 10.1. The number of esters is 1. The van der Waals surface area contributed by atoms with Crippen molar-refractivity contribution in [2.75, 3.05) is 7.11 Å². The van der Waals surface area contributed by atoms with Gasteiger partial charge in [-0.2, -0.15) is 0 Å². The molecule has 6 nitrogen and oxygen atoms in total. The van der Waals surface area contributed by atoms with Gasteiger partial charge in [0.25, 0.3) is 5.56 Å². The summed E-state index contributed by atoms with van der Waals surface area (Å²) < 4.78 is 6.08. The van der Waals surface area contributed by atoms with Crippen LogP contribution in [-0.4, -0.2) is 22.6 Å². The van der Waals surface area contributed by atoms with Gasteiger partial charge in [0, 0.05) is 19.2 Å². The number of H-pyrrole nitrogens is 1. The first-order chi connectivity index (χ1) is 7.54. The van der Waals surface area contributed by atoms with Crippen molar-refractivity contribution in [1.29, 1.82) is 0 Å². The maximum absolute atomic E-state index is 11.3. The van der Waals surface area contributed by atoms with Crippen LogP contribution >= 0.6 is 15.9 Å². The van der Waals surface area contributed by atoms with Gasteiger partial charge in [0.15, 0.2) is 0 Å². The Bertz CT molecular complexity index is 491. The average Bonchev–Trinajstić information content (AvgIpc) is 2.25. The zero-order valence-electron chi connectivity index (χ0n) is 8.66. The Morgan fingerprint density at radius 3 is 2.88 bits per heavy atom. The second kappa shape index (κ2) is 5.64. The van der Waals surface area contributed by atoms with Crippen LogP contribution in [0.4, 0.5) is 0 Å². The summed E-state index contributed by atoms with van der Waals surface area (Å²) in [6.45, 7) is 0.351. The maximum Gasteiger partial charge on any atom is 0.328 e. The Morgan fingerprint density at radius 1 is 1.56 bits per heavy atom. The minimum atomic E-state index is -0.488. The number of ether oxygens (including phenoxy) is 1. The number of aromatic amines is 1. The van der Waals surface area contributed by atoms with E-state index in [0.717, 1.165) is 0 Å². The molecule has 1 aromatic heterocycles. The molecule has 0 atom stereocenters. The van der Waals surface area contributed by atoms with Gasteiger partial charge in [-0.25, -0.2) is 4.79 Å². The van der Waals surface area contributed by atoms with Crippen molar-refractivity contribution >= 4 is 21.9 Å².